The monoisotopic (exact) mass is 419 g/mol. The first-order valence-corrected chi connectivity index (χ1v) is 11.3. The number of benzene rings is 1. The number of fused-ring (bicyclic) bond motifs is 2. The molecule has 0 aliphatic carbocycles. The summed E-state index contributed by atoms with van der Waals surface area (Å²) in [4.78, 5) is 27.3. The van der Waals surface area contributed by atoms with E-state index in [-0.39, 0.29) is 5.91 Å². The summed E-state index contributed by atoms with van der Waals surface area (Å²) in [6, 6.07) is 8.40. The van der Waals surface area contributed by atoms with Gasteiger partial charge in [-0.3, -0.25) is 19.1 Å². The summed E-state index contributed by atoms with van der Waals surface area (Å²) < 4.78 is 2.07. The fraction of sp³-hybridized carbons (Fsp3) is 0.348. The van der Waals surface area contributed by atoms with Crippen LogP contribution in [-0.2, 0) is 13.1 Å². The summed E-state index contributed by atoms with van der Waals surface area (Å²) in [6.07, 6.45) is 9.14. The molecule has 0 spiro atoms. The fourth-order valence-corrected chi connectivity index (χ4v) is 5.06. The Labute approximate surface area is 179 Å². The van der Waals surface area contributed by atoms with Gasteiger partial charge in [0, 0.05) is 55.5 Å². The topological polar surface area (TPSA) is 53.7 Å². The maximum Gasteiger partial charge on any atom is 0.274 e. The Morgan fingerprint density at radius 3 is 2.90 bits per heavy atom. The fourth-order valence-electron chi connectivity index (χ4n) is 4.33. The van der Waals surface area contributed by atoms with Crippen LogP contribution in [0.3, 0.4) is 0 Å². The second-order valence-corrected chi connectivity index (χ2v) is 8.87. The molecule has 1 aliphatic rings. The van der Waals surface area contributed by atoms with Crippen LogP contribution in [0.2, 0.25) is 0 Å². The molecular formula is C23H25N5OS. The number of nitrogens with zero attached hydrogens (tertiary/aromatic N) is 5. The SMILES string of the molecule is CN(Cc1cccc2cnccc12)Cc1c(C(=O)N2CCCCC2)nc2sccn12. The molecule has 6 nitrogen and oxygen atoms in total. The van der Waals surface area contributed by atoms with Crippen molar-refractivity contribution in [2.24, 2.45) is 0 Å². The number of hydrogen-bond acceptors (Lipinski definition) is 5. The van der Waals surface area contributed by atoms with E-state index in [0.29, 0.717) is 12.2 Å². The van der Waals surface area contributed by atoms with Crippen LogP contribution in [0, 0.1) is 0 Å². The normalized spacial score (nSPS) is 14.8. The second kappa shape index (κ2) is 8.16. The smallest absolute Gasteiger partial charge is 0.274 e. The van der Waals surface area contributed by atoms with Crippen molar-refractivity contribution < 1.29 is 4.79 Å². The summed E-state index contributed by atoms with van der Waals surface area (Å²) in [6.45, 7) is 3.12. The zero-order valence-corrected chi connectivity index (χ0v) is 17.9. The lowest BCUT2D eigenvalue weighted by atomic mass is 10.1. The summed E-state index contributed by atoms with van der Waals surface area (Å²) in [5.74, 6) is 0.0743. The van der Waals surface area contributed by atoms with E-state index < -0.39 is 0 Å². The number of imidazole rings is 1. The van der Waals surface area contributed by atoms with E-state index in [4.69, 9.17) is 4.98 Å². The minimum Gasteiger partial charge on any atom is -0.337 e. The largest absolute Gasteiger partial charge is 0.337 e. The van der Waals surface area contributed by atoms with Gasteiger partial charge >= 0.3 is 0 Å². The molecular weight excluding hydrogens is 394 g/mol. The van der Waals surface area contributed by atoms with Gasteiger partial charge in [-0.15, -0.1) is 11.3 Å². The van der Waals surface area contributed by atoms with E-state index in [9.17, 15) is 4.79 Å². The van der Waals surface area contributed by atoms with Gasteiger partial charge in [0.2, 0.25) is 0 Å². The van der Waals surface area contributed by atoms with Crippen LogP contribution in [0.5, 0.6) is 0 Å². The molecule has 0 radical (unpaired) electrons. The first-order chi connectivity index (χ1) is 14.7. The van der Waals surface area contributed by atoms with Crippen LogP contribution < -0.4 is 0 Å². The Morgan fingerprint density at radius 2 is 2.03 bits per heavy atom. The van der Waals surface area contributed by atoms with Crippen LogP contribution in [0.15, 0.2) is 48.2 Å². The lowest BCUT2D eigenvalue weighted by Gasteiger charge is -2.26. The quantitative estimate of drug-likeness (QED) is 0.486. The van der Waals surface area contributed by atoms with Crippen molar-refractivity contribution in [2.45, 2.75) is 32.4 Å². The van der Waals surface area contributed by atoms with Crippen LogP contribution >= 0.6 is 11.3 Å². The summed E-state index contributed by atoms with van der Waals surface area (Å²) in [7, 11) is 2.10. The van der Waals surface area contributed by atoms with Crippen molar-refractivity contribution in [1.29, 1.82) is 0 Å². The van der Waals surface area contributed by atoms with Crippen molar-refractivity contribution in [2.75, 3.05) is 20.1 Å². The number of aromatic nitrogens is 3. The maximum absolute atomic E-state index is 13.2. The molecule has 4 heterocycles. The minimum absolute atomic E-state index is 0.0743. The average Bonchev–Trinajstić information content (AvgIpc) is 3.37. The van der Waals surface area contributed by atoms with Crippen molar-refractivity contribution in [1.82, 2.24) is 24.2 Å². The molecule has 4 aromatic rings. The van der Waals surface area contributed by atoms with Crippen LogP contribution in [-0.4, -0.2) is 50.2 Å². The molecule has 5 rings (SSSR count). The Bertz CT molecular complexity index is 1190. The number of likely N-dealkylation sites (tertiary alicyclic amines) is 1. The molecule has 0 atom stereocenters. The molecule has 30 heavy (non-hydrogen) atoms. The number of hydrogen-bond donors (Lipinski definition) is 0. The predicted octanol–water partition coefficient (Wildman–Crippen LogP) is 4.20. The molecule has 0 saturated carbocycles. The molecule has 3 aromatic heterocycles. The minimum atomic E-state index is 0.0743. The van der Waals surface area contributed by atoms with Crippen molar-refractivity contribution in [3.05, 3.63) is 65.2 Å². The van der Waals surface area contributed by atoms with Gasteiger partial charge in [-0.25, -0.2) is 4.98 Å². The molecule has 0 bridgehead atoms. The number of piperidine rings is 1. The third-order valence-corrected chi connectivity index (χ3v) is 6.59. The van der Waals surface area contributed by atoms with Gasteiger partial charge in [-0.1, -0.05) is 18.2 Å². The molecule has 0 unspecified atom stereocenters. The highest BCUT2D eigenvalue weighted by atomic mass is 32.1. The molecule has 1 amide bonds. The highest BCUT2D eigenvalue weighted by Gasteiger charge is 2.26. The lowest BCUT2D eigenvalue weighted by molar-refractivity contribution is 0.0716. The Hall–Kier alpha value is -2.77. The van der Waals surface area contributed by atoms with Crippen molar-refractivity contribution in [3.8, 4) is 0 Å². The standard InChI is InChI=1S/C23H25N5OS/c1-26(15-18-7-5-6-17-14-24-9-8-19(17)18)16-20-21(25-23-28(20)12-13-30-23)22(29)27-10-3-2-4-11-27/h5-9,12-14H,2-4,10-11,15-16H2,1H3. The van der Waals surface area contributed by atoms with E-state index in [2.05, 4.69) is 45.6 Å². The Kier molecular flexibility index (Phi) is 5.23. The zero-order chi connectivity index (χ0) is 20.5. The number of thiazole rings is 1. The van der Waals surface area contributed by atoms with Gasteiger partial charge in [0.15, 0.2) is 10.7 Å². The zero-order valence-electron chi connectivity index (χ0n) is 17.1. The first kappa shape index (κ1) is 19.2. The van der Waals surface area contributed by atoms with E-state index in [0.717, 1.165) is 48.5 Å². The molecule has 1 aromatic carbocycles. The van der Waals surface area contributed by atoms with E-state index in [1.54, 1.807) is 11.3 Å². The van der Waals surface area contributed by atoms with Gasteiger partial charge < -0.3 is 4.90 Å². The van der Waals surface area contributed by atoms with Gasteiger partial charge in [-0.2, -0.15) is 0 Å². The third kappa shape index (κ3) is 3.59. The summed E-state index contributed by atoms with van der Waals surface area (Å²) >= 11 is 1.57. The highest BCUT2D eigenvalue weighted by molar-refractivity contribution is 7.15. The summed E-state index contributed by atoms with van der Waals surface area (Å²) in [5, 5.41) is 4.39. The molecule has 7 heteroatoms. The second-order valence-electron chi connectivity index (χ2n) is 8.00. The Morgan fingerprint density at radius 1 is 1.17 bits per heavy atom. The molecule has 1 aliphatic heterocycles. The molecule has 1 fully saturated rings. The predicted molar refractivity (Wildman–Crippen MR) is 120 cm³/mol. The molecule has 0 N–H and O–H groups in total. The highest BCUT2D eigenvalue weighted by Crippen LogP contribution is 2.24. The average molecular weight is 420 g/mol. The van der Waals surface area contributed by atoms with Crippen LogP contribution in [0.1, 0.15) is 41.0 Å². The van der Waals surface area contributed by atoms with Gasteiger partial charge in [0.1, 0.15) is 0 Å². The van der Waals surface area contributed by atoms with Gasteiger partial charge in [0.05, 0.1) is 5.69 Å². The molecule has 1 saturated heterocycles. The third-order valence-electron chi connectivity index (χ3n) is 5.84. The number of amides is 1. The first-order valence-electron chi connectivity index (χ1n) is 10.4. The summed E-state index contributed by atoms with van der Waals surface area (Å²) in [5.41, 5.74) is 2.84. The maximum atomic E-state index is 13.2. The number of carbonyl (C=O) groups excluding carboxylic acids is 1. The van der Waals surface area contributed by atoms with E-state index in [1.165, 1.54) is 17.4 Å². The molecule has 154 valence electrons. The van der Waals surface area contributed by atoms with Crippen molar-refractivity contribution in [3.63, 3.8) is 0 Å². The van der Waals surface area contributed by atoms with E-state index in [1.807, 2.05) is 28.9 Å². The van der Waals surface area contributed by atoms with Crippen LogP contribution in [0.4, 0.5) is 0 Å². The van der Waals surface area contributed by atoms with E-state index >= 15 is 0 Å². The number of rotatable bonds is 5. The number of carbonyl (C=O) groups is 1. The van der Waals surface area contributed by atoms with Crippen molar-refractivity contribution >= 4 is 33.0 Å². The van der Waals surface area contributed by atoms with Gasteiger partial charge in [0.25, 0.3) is 5.91 Å². The Balaban J connectivity index is 1.43. The lowest BCUT2D eigenvalue weighted by Crippen LogP contribution is -2.36. The van der Waals surface area contributed by atoms with Gasteiger partial charge in [-0.05, 0) is 43.3 Å². The number of pyridine rings is 1. The van der Waals surface area contributed by atoms with Crippen LogP contribution in [0.25, 0.3) is 15.7 Å².